The van der Waals surface area contributed by atoms with Gasteiger partial charge in [-0.15, -0.1) is 6.42 Å². The van der Waals surface area contributed by atoms with E-state index in [9.17, 15) is 4.79 Å². The lowest BCUT2D eigenvalue weighted by atomic mass is 10.1. The second kappa shape index (κ2) is 8.70. The third-order valence-electron chi connectivity index (χ3n) is 3.23. The van der Waals surface area contributed by atoms with Crippen LogP contribution in [-0.2, 0) is 0 Å². The molecule has 0 saturated heterocycles. The summed E-state index contributed by atoms with van der Waals surface area (Å²) in [6.07, 6.45) is 5.98. The fourth-order valence-corrected chi connectivity index (χ4v) is 1.71. The van der Waals surface area contributed by atoms with Gasteiger partial charge in [0.15, 0.2) is 0 Å². The van der Waals surface area contributed by atoms with Gasteiger partial charge in [-0.3, -0.25) is 5.32 Å². The molecule has 0 aromatic heterocycles. The maximum atomic E-state index is 11.9. The highest BCUT2D eigenvalue weighted by atomic mass is 16.6. The number of amides is 1. The number of nitrogens with zero attached hydrogens (tertiary/aromatic N) is 2. The van der Waals surface area contributed by atoms with E-state index >= 15 is 0 Å². The summed E-state index contributed by atoms with van der Waals surface area (Å²) in [7, 11) is 1.64. The van der Waals surface area contributed by atoms with Crippen molar-refractivity contribution < 1.29 is 14.7 Å². The molecule has 0 aliphatic rings. The van der Waals surface area contributed by atoms with E-state index in [4.69, 9.17) is 16.4 Å². The zero-order chi connectivity index (χ0) is 16.5. The van der Waals surface area contributed by atoms with E-state index in [1.165, 1.54) is 11.1 Å². The van der Waals surface area contributed by atoms with Gasteiger partial charge >= 0.3 is 6.09 Å². The summed E-state index contributed by atoms with van der Waals surface area (Å²) in [5.74, 6) is 2.84. The van der Waals surface area contributed by atoms with Crippen molar-refractivity contribution in [1.82, 2.24) is 10.2 Å². The molecule has 22 heavy (non-hydrogen) atoms. The first-order valence-electron chi connectivity index (χ1n) is 6.94. The van der Waals surface area contributed by atoms with Crippen LogP contribution in [0.15, 0.2) is 23.4 Å². The van der Waals surface area contributed by atoms with Gasteiger partial charge in [0.1, 0.15) is 5.75 Å². The van der Waals surface area contributed by atoms with E-state index in [1.807, 2.05) is 19.9 Å². The van der Waals surface area contributed by atoms with Crippen LogP contribution >= 0.6 is 0 Å². The fourth-order valence-electron chi connectivity index (χ4n) is 1.71. The summed E-state index contributed by atoms with van der Waals surface area (Å²) >= 11 is 0. The lowest BCUT2D eigenvalue weighted by Gasteiger charge is -2.18. The Morgan fingerprint density at radius 2 is 2.36 bits per heavy atom. The van der Waals surface area contributed by atoms with Crippen LogP contribution in [0.25, 0.3) is 0 Å². The monoisotopic (exact) mass is 303 g/mol. The average Bonchev–Trinajstić information content (AvgIpc) is 2.53. The van der Waals surface area contributed by atoms with Gasteiger partial charge in [-0.2, -0.15) is 0 Å². The number of rotatable bonds is 6. The lowest BCUT2D eigenvalue weighted by Crippen LogP contribution is -2.29. The zero-order valence-corrected chi connectivity index (χ0v) is 13.0. The first-order chi connectivity index (χ1) is 10.5. The minimum absolute atomic E-state index is 0.00229. The Labute approximate surface area is 130 Å². The molecule has 1 aromatic carbocycles. The second-order valence-corrected chi connectivity index (χ2v) is 4.73. The molecule has 118 valence electrons. The van der Waals surface area contributed by atoms with Crippen LogP contribution in [0, 0.1) is 12.3 Å². The number of terminal acetylenes is 1. The number of hydrogen-bond donors (Lipinski definition) is 2. The molecule has 1 amide bonds. The van der Waals surface area contributed by atoms with Gasteiger partial charge in [-0.1, -0.05) is 17.1 Å². The third-order valence-corrected chi connectivity index (χ3v) is 3.23. The molecular weight excluding hydrogens is 282 g/mol. The third kappa shape index (κ3) is 4.79. The van der Waals surface area contributed by atoms with Gasteiger partial charge in [-0.25, -0.2) is 4.79 Å². The Kier molecular flexibility index (Phi) is 6.93. The van der Waals surface area contributed by atoms with Gasteiger partial charge in [0.05, 0.1) is 12.8 Å². The fraction of sp³-hybridized carbons (Fsp3) is 0.375. The van der Waals surface area contributed by atoms with E-state index < -0.39 is 6.09 Å². The van der Waals surface area contributed by atoms with Crippen LogP contribution in [0.2, 0.25) is 0 Å². The smallest absolute Gasteiger partial charge is 0.411 e. The standard InChI is InChI=1S/C16H21N3O3/c1-5-9-17-12(3)13-7-8-14(11-18-21)15(10-13)22-16(20)19(4)6-2/h1,7-8,10-12,17,21H,6,9H2,2-4H3/b18-11-. The summed E-state index contributed by atoms with van der Waals surface area (Å²) in [6.45, 7) is 4.77. The average molecular weight is 303 g/mol. The van der Waals surface area contributed by atoms with Crippen molar-refractivity contribution in [3.63, 3.8) is 0 Å². The van der Waals surface area contributed by atoms with Crippen LogP contribution < -0.4 is 10.1 Å². The van der Waals surface area contributed by atoms with Crippen LogP contribution in [0.5, 0.6) is 5.75 Å². The van der Waals surface area contributed by atoms with Crippen LogP contribution in [0.1, 0.15) is 31.0 Å². The maximum absolute atomic E-state index is 11.9. The van der Waals surface area contributed by atoms with E-state index in [0.29, 0.717) is 24.4 Å². The molecule has 0 spiro atoms. The molecule has 0 fully saturated rings. The number of oxime groups is 1. The molecule has 6 nitrogen and oxygen atoms in total. The minimum Gasteiger partial charge on any atom is -0.411 e. The van der Waals surface area contributed by atoms with Gasteiger partial charge in [0.2, 0.25) is 0 Å². The van der Waals surface area contributed by atoms with E-state index in [-0.39, 0.29) is 6.04 Å². The van der Waals surface area contributed by atoms with Gasteiger partial charge in [0, 0.05) is 25.2 Å². The SMILES string of the molecule is C#CCNC(C)c1ccc(/C=N\O)c(OC(=O)N(C)CC)c1. The van der Waals surface area contributed by atoms with E-state index in [1.54, 1.807) is 19.2 Å². The normalized spacial score (nSPS) is 11.9. The van der Waals surface area contributed by atoms with Gasteiger partial charge < -0.3 is 14.8 Å². The summed E-state index contributed by atoms with van der Waals surface area (Å²) in [5.41, 5.74) is 1.42. The summed E-state index contributed by atoms with van der Waals surface area (Å²) in [6, 6.07) is 5.30. The topological polar surface area (TPSA) is 74.2 Å². The molecule has 0 heterocycles. The molecule has 1 unspecified atom stereocenters. The number of ether oxygens (including phenoxy) is 1. The summed E-state index contributed by atoms with van der Waals surface area (Å²) < 4.78 is 5.36. The van der Waals surface area contributed by atoms with Crippen molar-refractivity contribution in [3.8, 4) is 18.1 Å². The van der Waals surface area contributed by atoms with Crippen molar-refractivity contribution in [1.29, 1.82) is 0 Å². The molecule has 0 bridgehead atoms. The van der Waals surface area contributed by atoms with Crippen LogP contribution in [-0.4, -0.2) is 42.6 Å². The molecule has 1 aromatic rings. The molecule has 1 atom stereocenters. The summed E-state index contributed by atoms with van der Waals surface area (Å²) in [4.78, 5) is 13.3. The number of hydrogen-bond acceptors (Lipinski definition) is 5. The highest BCUT2D eigenvalue weighted by Crippen LogP contribution is 2.23. The summed E-state index contributed by atoms with van der Waals surface area (Å²) in [5, 5.41) is 14.8. The van der Waals surface area contributed by atoms with Crippen molar-refractivity contribution in [2.75, 3.05) is 20.1 Å². The molecule has 0 aliphatic heterocycles. The van der Waals surface area contributed by atoms with Gasteiger partial charge in [-0.05, 0) is 31.5 Å². The molecule has 0 saturated carbocycles. The molecule has 0 aliphatic carbocycles. The highest BCUT2D eigenvalue weighted by Gasteiger charge is 2.14. The molecule has 1 rings (SSSR count). The molecule has 0 radical (unpaired) electrons. The number of benzene rings is 1. The van der Waals surface area contributed by atoms with Crippen molar-refractivity contribution in [3.05, 3.63) is 29.3 Å². The predicted molar refractivity (Wildman–Crippen MR) is 85.4 cm³/mol. The quantitative estimate of drug-likeness (QED) is 0.366. The first kappa shape index (κ1) is 17.5. The zero-order valence-electron chi connectivity index (χ0n) is 13.0. The number of nitrogens with one attached hydrogen (secondary N) is 1. The van der Waals surface area contributed by atoms with Crippen LogP contribution in [0.4, 0.5) is 4.79 Å². The first-order valence-corrected chi connectivity index (χ1v) is 6.94. The predicted octanol–water partition coefficient (Wildman–Crippen LogP) is 2.23. The number of carbonyl (C=O) groups is 1. The Bertz CT molecular complexity index is 578. The Morgan fingerprint density at radius 1 is 1.64 bits per heavy atom. The lowest BCUT2D eigenvalue weighted by molar-refractivity contribution is 0.165. The Balaban J connectivity index is 3.05. The Hall–Kier alpha value is -2.52. The molecule has 6 heteroatoms. The van der Waals surface area contributed by atoms with E-state index in [0.717, 1.165) is 5.56 Å². The largest absolute Gasteiger partial charge is 0.414 e. The minimum atomic E-state index is -0.475. The Morgan fingerprint density at radius 3 is 2.95 bits per heavy atom. The van der Waals surface area contributed by atoms with Crippen molar-refractivity contribution in [2.24, 2.45) is 5.16 Å². The van der Waals surface area contributed by atoms with Crippen LogP contribution in [0.3, 0.4) is 0 Å². The highest BCUT2D eigenvalue weighted by molar-refractivity contribution is 5.85. The maximum Gasteiger partial charge on any atom is 0.414 e. The van der Waals surface area contributed by atoms with Gasteiger partial charge in [0.25, 0.3) is 0 Å². The number of carbonyl (C=O) groups excluding carboxylic acids is 1. The van der Waals surface area contributed by atoms with E-state index in [2.05, 4.69) is 16.4 Å². The molecule has 2 N–H and O–H groups in total. The van der Waals surface area contributed by atoms with Crippen molar-refractivity contribution in [2.45, 2.75) is 19.9 Å². The second-order valence-electron chi connectivity index (χ2n) is 4.73. The molecular formula is C16H21N3O3. The van der Waals surface area contributed by atoms with Crippen molar-refractivity contribution >= 4 is 12.3 Å².